The Kier molecular flexibility index (Phi) is 7.24. The minimum Gasteiger partial charge on any atom is -0.228 e. The van der Waals surface area contributed by atoms with Crippen molar-refractivity contribution in [1.29, 1.82) is 0 Å². The Morgan fingerprint density at radius 2 is 1.59 bits per heavy atom. The smallest absolute Gasteiger partial charge is 0.156 e. The van der Waals surface area contributed by atoms with Gasteiger partial charge in [0.1, 0.15) is 0 Å². The molecule has 0 saturated heterocycles. The summed E-state index contributed by atoms with van der Waals surface area (Å²) in [5.74, 6) is 1.40. The maximum Gasteiger partial charge on any atom is 0.156 e. The topological polar surface area (TPSA) is 34.1 Å². The Balaban J connectivity index is 1.77. The first-order chi connectivity index (χ1) is 10.5. The number of rotatable bonds is 7. The van der Waals surface area contributed by atoms with Gasteiger partial charge in [-0.1, -0.05) is 58.8 Å². The van der Waals surface area contributed by atoms with E-state index in [1.807, 2.05) is 0 Å². The van der Waals surface area contributed by atoms with Crippen LogP contribution in [0.4, 0.5) is 0 Å². The Labute approximate surface area is 138 Å². The molecule has 2 aliphatic rings. The summed E-state index contributed by atoms with van der Waals surface area (Å²) in [6, 6.07) is 0. The van der Waals surface area contributed by atoms with Crippen molar-refractivity contribution in [1.82, 2.24) is 0 Å². The molecule has 2 nitrogen and oxygen atoms in total. The molecule has 2 rings (SSSR count). The third-order valence-electron chi connectivity index (χ3n) is 6.08. The molecule has 2 aliphatic carbocycles. The maximum atomic E-state index is 12.9. The molecule has 0 aromatic carbocycles. The summed E-state index contributed by atoms with van der Waals surface area (Å²) >= 11 is 0. The van der Waals surface area contributed by atoms with Crippen LogP contribution in [0.3, 0.4) is 0 Å². The zero-order valence-corrected chi connectivity index (χ0v) is 15.5. The fourth-order valence-electron chi connectivity index (χ4n) is 4.56. The average Bonchev–Trinajstić information content (AvgIpc) is 2.52. The lowest BCUT2D eigenvalue weighted by Crippen LogP contribution is -2.37. The van der Waals surface area contributed by atoms with E-state index >= 15 is 0 Å². The third kappa shape index (κ3) is 4.97. The van der Waals surface area contributed by atoms with Gasteiger partial charge in [-0.15, -0.1) is 0 Å². The van der Waals surface area contributed by atoms with Crippen molar-refractivity contribution in [3.05, 3.63) is 0 Å². The Bertz CT molecular complexity index is 407. The first-order valence-corrected chi connectivity index (χ1v) is 11.4. The number of sulfone groups is 1. The summed E-state index contributed by atoms with van der Waals surface area (Å²) in [6.45, 7) is 4.47. The Morgan fingerprint density at radius 3 is 2.23 bits per heavy atom. The summed E-state index contributed by atoms with van der Waals surface area (Å²) in [7, 11) is -2.87. The standard InChI is InChI=1S/C19H36O2S/c1-3-4-5-6-9-17-11-13-18(14-12-17)22(20,21)19-10-7-8-16(2)15-19/h16-19H,3-15H2,1-2H3. The van der Waals surface area contributed by atoms with Crippen LogP contribution in [0.5, 0.6) is 0 Å². The van der Waals surface area contributed by atoms with E-state index < -0.39 is 9.84 Å². The van der Waals surface area contributed by atoms with Crippen LogP contribution in [-0.4, -0.2) is 18.9 Å². The summed E-state index contributed by atoms with van der Waals surface area (Å²) in [4.78, 5) is 0. The first kappa shape index (κ1) is 18.3. The van der Waals surface area contributed by atoms with E-state index in [0.717, 1.165) is 50.9 Å². The van der Waals surface area contributed by atoms with E-state index in [9.17, 15) is 8.42 Å². The number of hydrogen-bond donors (Lipinski definition) is 0. The molecule has 0 N–H and O–H groups in total. The van der Waals surface area contributed by atoms with Crippen LogP contribution in [0.15, 0.2) is 0 Å². The van der Waals surface area contributed by atoms with Gasteiger partial charge in [-0.2, -0.15) is 0 Å². The highest BCUT2D eigenvalue weighted by atomic mass is 32.2. The molecule has 130 valence electrons. The fourth-order valence-corrected chi connectivity index (χ4v) is 7.12. The van der Waals surface area contributed by atoms with Gasteiger partial charge in [-0.25, -0.2) is 8.42 Å². The summed E-state index contributed by atoms with van der Waals surface area (Å²) in [5.41, 5.74) is 0. The molecule has 2 saturated carbocycles. The second-order valence-corrected chi connectivity index (χ2v) is 10.5. The molecule has 0 bridgehead atoms. The van der Waals surface area contributed by atoms with Crippen LogP contribution in [0.2, 0.25) is 0 Å². The van der Waals surface area contributed by atoms with Gasteiger partial charge in [-0.3, -0.25) is 0 Å². The lowest BCUT2D eigenvalue weighted by Gasteiger charge is -2.33. The summed E-state index contributed by atoms with van der Waals surface area (Å²) in [6.07, 6.45) is 15.0. The molecule has 0 radical (unpaired) electrons. The minimum atomic E-state index is -2.87. The molecule has 3 heteroatoms. The largest absolute Gasteiger partial charge is 0.228 e. The van der Waals surface area contributed by atoms with Crippen molar-refractivity contribution < 1.29 is 8.42 Å². The van der Waals surface area contributed by atoms with E-state index in [0.29, 0.717) is 5.92 Å². The molecule has 2 fully saturated rings. The van der Waals surface area contributed by atoms with Crippen LogP contribution < -0.4 is 0 Å². The lowest BCUT2D eigenvalue weighted by atomic mass is 9.85. The quantitative estimate of drug-likeness (QED) is 0.577. The summed E-state index contributed by atoms with van der Waals surface area (Å²) in [5, 5.41) is -0.0444. The molecule has 0 aromatic rings. The van der Waals surface area contributed by atoms with Gasteiger partial charge in [0.15, 0.2) is 9.84 Å². The van der Waals surface area contributed by atoms with Crippen molar-refractivity contribution in [3.8, 4) is 0 Å². The van der Waals surface area contributed by atoms with Gasteiger partial charge in [0.2, 0.25) is 0 Å². The predicted octanol–water partition coefficient (Wildman–Crippen LogP) is 5.51. The molecule has 0 heterocycles. The van der Waals surface area contributed by atoms with E-state index in [4.69, 9.17) is 0 Å². The molecule has 22 heavy (non-hydrogen) atoms. The normalized spacial score (nSPS) is 33.7. The van der Waals surface area contributed by atoms with Gasteiger partial charge >= 0.3 is 0 Å². The zero-order valence-electron chi connectivity index (χ0n) is 14.7. The van der Waals surface area contributed by atoms with Crippen LogP contribution in [-0.2, 0) is 9.84 Å². The zero-order chi connectivity index (χ0) is 16.0. The molecule has 0 aromatic heterocycles. The Morgan fingerprint density at radius 1 is 0.864 bits per heavy atom. The lowest BCUT2D eigenvalue weighted by molar-refractivity contribution is 0.322. The molecule has 0 aliphatic heterocycles. The van der Waals surface area contributed by atoms with Gasteiger partial charge < -0.3 is 0 Å². The van der Waals surface area contributed by atoms with Gasteiger partial charge in [0.05, 0.1) is 10.5 Å². The maximum absolute atomic E-state index is 12.9. The third-order valence-corrected chi connectivity index (χ3v) is 8.84. The Hall–Kier alpha value is -0.0500. The van der Waals surface area contributed by atoms with Crippen molar-refractivity contribution >= 4 is 9.84 Å². The molecule has 2 unspecified atom stereocenters. The SMILES string of the molecule is CCCCCCC1CCC(S(=O)(=O)C2CCCC(C)C2)CC1. The van der Waals surface area contributed by atoms with Crippen molar-refractivity contribution in [3.63, 3.8) is 0 Å². The van der Waals surface area contributed by atoms with Gasteiger partial charge in [0.25, 0.3) is 0 Å². The molecular formula is C19H36O2S. The van der Waals surface area contributed by atoms with Crippen molar-refractivity contribution in [2.24, 2.45) is 11.8 Å². The molecule has 0 amide bonds. The van der Waals surface area contributed by atoms with Crippen LogP contribution >= 0.6 is 0 Å². The average molecular weight is 329 g/mol. The van der Waals surface area contributed by atoms with Crippen molar-refractivity contribution in [2.45, 2.75) is 108 Å². The van der Waals surface area contributed by atoms with E-state index in [-0.39, 0.29) is 10.5 Å². The highest BCUT2D eigenvalue weighted by Crippen LogP contribution is 2.37. The van der Waals surface area contributed by atoms with Crippen LogP contribution in [0, 0.1) is 11.8 Å². The van der Waals surface area contributed by atoms with E-state index in [1.54, 1.807) is 0 Å². The monoisotopic (exact) mass is 328 g/mol. The molecule has 2 atom stereocenters. The van der Waals surface area contributed by atoms with Gasteiger partial charge in [-0.05, 0) is 50.4 Å². The van der Waals surface area contributed by atoms with E-state index in [2.05, 4.69) is 13.8 Å². The second kappa shape index (κ2) is 8.70. The molecule has 0 spiro atoms. The van der Waals surface area contributed by atoms with Crippen molar-refractivity contribution in [2.75, 3.05) is 0 Å². The number of unbranched alkanes of at least 4 members (excludes halogenated alkanes) is 3. The fraction of sp³-hybridized carbons (Fsp3) is 1.00. The van der Waals surface area contributed by atoms with Gasteiger partial charge in [0, 0.05) is 0 Å². The number of hydrogen-bond acceptors (Lipinski definition) is 2. The highest BCUT2D eigenvalue weighted by Gasteiger charge is 2.38. The first-order valence-electron chi connectivity index (χ1n) is 9.76. The second-order valence-electron chi connectivity index (χ2n) is 7.97. The predicted molar refractivity (Wildman–Crippen MR) is 94.8 cm³/mol. The summed E-state index contributed by atoms with van der Waals surface area (Å²) < 4.78 is 25.8. The minimum absolute atomic E-state index is 0.0188. The van der Waals surface area contributed by atoms with E-state index in [1.165, 1.54) is 38.5 Å². The van der Waals surface area contributed by atoms with Crippen LogP contribution in [0.25, 0.3) is 0 Å². The highest BCUT2D eigenvalue weighted by molar-refractivity contribution is 7.92. The molecular weight excluding hydrogens is 292 g/mol. The van der Waals surface area contributed by atoms with Crippen LogP contribution in [0.1, 0.15) is 97.3 Å².